The van der Waals surface area contributed by atoms with Gasteiger partial charge >= 0.3 is 0 Å². The molecule has 0 atom stereocenters. The summed E-state index contributed by atoms with van der Waals surface area (Å²) in [4.78, 5) is 5.22. The first kappa shape index (κ1) is 12.8. The van der Waals surface area contributed by atoms with E-state index in [4.69, 9.17) is 14.7 Å². The number of nitriles is 1. The number of hydrogen-bond acceptors (Lipinski definition) is 5. The maximum atomic E-state index is 9.08. The number of nitrogens with zero attached hydrogens (tertiary/aromatic N) is 2. The molecule has 3 rings (SSSR count). The van der Waals surface area contributed by atoms with E-state index in [9.17, 15) is 0 Å². The van der Waals surface area contributed by atoms with Gasteiger partial charge in [-0.1, -0.05) is 11.8 Å². The molecule has 0 saturated heterocycles. The Kier molecular flexibility index (Phi) is 3.75. The second-order valence-corrected chi connectivity index (χ2v) is 5.29. The van der Waals surface area contributed by atoms with E-state index >= 15 is 0 Å². The molecule has 0 aliphatic carbocycles. The molecular formula is C15H12N2O2S. The van der Waals surface area contributed by atoms with E-state index in [0.717, 1.165) is 22.8 Å². The predicted octanol–water partition coefficient (Wildman–Crippen LogP) is 3.27. The fourth-order valence-electron chi connectivity index (χ4n) is 1.88. The molecule has 0 bridgehead atoms. The van der Waals surface area contributed by atoms with E-state index in [-0.39, 0.29) is 0 Å². The predicted molar refractivity (Wildman–Crippen MR) is 75.1 cm³/mol. The van der Waals surface area contributed by atoms with Gasteiger partial charge in [0.05, 0.1) is 18.8 Å². The van der Waals surface area contributed by atoms with Gasteiger partial charge in [-0.05, 0) is 30.3 Å². The van der Waals surface area contributed by atoms with Gasteiger partial charge in [0.15, 0.2) is 11.5 Å². The number of rotatable bonds is 2. The molecule has 2 heterocycles. The lowest BCUT2D eigenvalue weighted by Crippen LogP contribution is -1.97. The van der Waals surface area contributed by atoms with Crippen LogP contribution in [0.4, 0.5) is 0 Å². The summed E-state index contributed by atoms with van der Waals surface area (Å²) in [6.45, 7) is 1.34. The molecule has 20 heavy (non-hydrogen) atoms. The van der Waals surface area contributed by atoms with Crippen LogP contribution in [0.15, 0.2) is 46.5 Å². The smallest absolute Gasteiger partial charge is 0.162 e. The third-order valence-corrected chi connectivity index (χ3v) is 3.83. The van der Waals surface area contributed by atoms with Crippen LogP contribution in [0.2, 0.25) is 0 Å². The highest BCUT2D eigenvalue weighted by Crippen LogP contribution is 2.36. The summed E-state index contributed by atoms with van der Waals surface area (Å²) in [7, 11) is 0. The summed E-state index contributed by atoms with van der Waals surface area (Å²) in [5, 5.41) is 9.78. The van der Waals surface area contributed by atoms with Gasteiger partial charge in [-0.15, -0.1) is 0 Å². The fourth-order valence-corrected chi connectivity index (χ4v) is 2.74. The Bertz CT molecular complexity index is 667. The van der Waals surface area contributed by atoms with Gasteiger partial charge in [0.2, 0.25) is 0 Å². The number of ether oxygens (including phenoxy) is 2. The van der Waals surface area contributed by atoms with E-state index in [1.54, 1.807) is 18.3 Å². The Morgan fingerprint density at radius 3 is 2.85 bits per heavy atom. The number of fused-ring (bicyclic) bond motifs is 1. The molecule has 5 heteroatoms. The van der Waals surface area contributed by atoms with Gasteiger partial charge in [0.25, 0.3) is 0 Å². The highest BCUT2D eigenvalue weighted by molar-refractivity contribution is 7.99. The van der Waals surface area contributed by atoms with Crippen LogP contribution in [0.5, 0.6) is 11.5 Å². The molecular weight excluding hydrogens is 272 g/mol. The van der Waals surface area contributed by atoms with Crippen molar-refractivity contribution in [3.8, 4) is 17.6 Å². The summed E-state index contributed by atoms with van der Waals surface area (Å²) < 4.78 is 11.3. The number of pyridine rings is 1. The Morgan fingerprint density at radius 2 is 2.00 bits per heavy atom. The average molecular weight is 284 g/mol. The van der Waals surface area contributed by atoms with E-state index in [2.05, 4.69) is 11.1 Å². The highest BCUT2D eigenvalue weighted by atomic mass is 32.2. The van der Waals surface area contributed by atoms with Crippen LogP contribution in [-0.4, -0.2) is 18.2 Å². The summed E-state index contributed by atoms with van der Waals surface area (Å²) in [6.07, 6.45) is 2.57. The Morgan fingerprint density at radius 1 is 1.15 bits per heavy atom. The van der Waals surface area contributed by atoms with Crippen LogP contribution < -0.4 is 9.47 Å². The topological polar surface area (TPSA) is 55.1 Å². The molecule has 0 spiro atoms. The molecule has 0 N–H and O–H groups in total. The monoisotopic (exact) mass is 284 g/mol. The highest BCUT2D eigenvalue weighted by Gasteiger charge is 2.12. The van der Waals surface area contributed by atoms with Crippen molar-refractivity contribution in [2.75, 3.05) is 13.2 Å². The van der Waals surface area contributed by atoms with Crippen molar-refractivity contribution in [2.45, 2.75) is 16.3 Å². The minimum atomic E-state index is 0.574. The normalized spacial score (nSPS) is 13.3. The number of aromatic nitrogens is 1. The first-order valence-electron chi connectivity index (χ1n) is 6.29. The fraction of sp³-hybridized carbons (Fsp3) is 0.200. The molecule has 0 unspecified atom stereocenters. The second-order valence-electron chi connectivity index (χ2n) is 4.23. The van der Waals surface area contributed by atoms with Crippen LogP contribution in [0.25, 0.3) is 0 Å². The molecule has 100 valence electrons. The molecule has 0 amide bonds. The Hall–Kier alpha value is -2.19. The van der Waals surface area contributed by atoms with Gasteiger partial charge in [0, 0.05) is 17.5 Å². The van der Waals surface area contributed by atoms with E-state index in [1.165, 1.54) is 11.8 Å². The van der Waals surface area contributed by atoms with Crippen molar-refractivity contribution < 1.29 is 9.47 Å². The van der Waals surface area contributed by atoms with Crippen LogP contribution in [0.1, 0.15) is 12.0 Å². The second kappa shape index (κ2) is 5.85. The molecule has 0 fully saturated rings. The molecule has 1 aliphatic rings. The summed E-state index contributed by atoms with van der Waals surface area (Å²) in [6, 6.07) is 11.5. The lowest BCUT2D eigenvalue weighted by molar-refractivity contribution is 0.297. The zero-order valence-corrected chi connectivity index (χ0v) is 11.5. The van der Waals surface area contributed by atoms with Crippen LogP contribution in [0.3, 0.4) is 0 Å². The molecule has 1 aromatic heterocycles. The molecule has 1 aromatic carbocycles. The summed E-state index contributed by atoms with van der Waals surface area (Å²) in [5.41, 5.74) is 0.574. The van der Waals surface area contributed by atoms with E-state index < -0.39 is 0 Å². The Balaban J connectivity index is 1.88. The third-order valence-electron chi connectivity index (χ3n) is 2.83. The molecule has 0 radical (unpaired) electrons. The minimum Gasteiger partial charge on any atom is -0.490 e. The zero-order chi connectivity index (χ0) is 13.8. The van der Waals surface area contributed by atoms with Crippen molar-refractivity contribution in [1.29, 1.82) is 5.26 Å². The molecule has 2 aromatic rings. The third kappa shape index (κ3) is 2.70. The minimum absolute atomic E-state index is 0.574. The summed E-state index contributed by atoms with van der Waals surface area (Å²) >= 11 is 1.45. The standard InChI is InChI=1S/C15H12N2O2S/c16-10-11-3-1-6-17-15(11)20-12-4-5-13-14(9-12)19-8-2-7-18-13/h1,3-6,9H,2,7-8H2. The van der Waals surface area contributed by atoms with Crippen molar-refractivity contribution >= 4 is 11.8 Å². The van der Waals surface area contributed by atoms with Gasteiger partial charge in [-0.3, -0.25) is 0 Å². The number of hydrogen-bond donors (Lipinski definition) is 0. The lowest BCUT2D eigenvalue weighted by atomic mass is 10.3. The van der Waals surface area contributed by atoms with Crippen molar-refractivity contribution in [2.24, 2.45) is 0 Å². The van der Waals surface area contributed by atoms with Gasteiger partial charge < -0.3 is 9.47 Å². The van der Waals surface area contributed by atoms with Crippen LogP contribution in [-0.2, 0) is 0 Å². The largest absolute Gasteiger partial charge is 0.490 e. The maximum absolute atomic E-state index is 9.08. The van der Waals surface area contributed by atoms with Gasteiger partial charge in [-0.25, -0.2) is 4.98 Å². The van der Waals surface area contributed by atoms with Crippen molar-refractivity contribution in [1.82, 2.24) is 4.98 Å². The zero-order valence-electron chi connectivity index (χ0n) is 10.7. The first-order chi connectivity index (χ1) is 9.86. The summed E-state index contributed by atoms with van der Waals surface area (Å²) in [5.74, 6) is 1.52. The molecule has 1 aliphatic heterocycles. The van der Waals surface area contributed by atoms with Gasteiger partial charge in [0.1, 0.15) is 11.1 Å². The quantitative estimate of drug-likeness (QED) is 0.847. The maximum Gasteiger partial charge on any atom is 0.162 e. The lowest BCUT2D eigenvalue weighted by Gasteiger charge is -2.09. The van der Waals surface area contributed by atoms with Crippen LogP contribution >= 0.6 is 11.8 Å². The average Bonchev–Trinajstić information content (AvgIpc) is 2.72. The van der Waals surface area contributed by atoms with Crippen LogP contribution in [0, 0.1) is 11.3 Å². The SMILES string of the molecule is N#Cc1cccnc1Sc1ccc2c(c1)OCCCO2. The van der Waals surface area contributed by atoms with Crippen molar-refractivity contribution in [3.05, 3.63) is 42.1 Å². The van der Waals surface area contributed by atoms with Crippen molar-refractivity contribution in [3.63, 3.8) is 0 Å². The van der Waals surface area contributed by atoms with Gasteiger partial charge in [-0.2, -0.15) is 5.26 Å². The molecule has 4 nitrogen and oxygen atoms in total. The molecule has 0 saturated carbocycles. The first-order valence-corrected chi connectivity index (χ1v) is 7.11. The Labute approximate surface area is 121 Å². The number of benzene rings is 1. The van der Waals surface area contributed by atoms with E-state index in [1.807, 2.05) is 18.2 Å². The van der Waals surface area contributed by atoms with E-state index in [0.29, 0.717) is 23.8 Å².